The molecular weight excluding hydrogens is 284 g/mol. The zero-order chi connectivity index (χ0) is 16.3. The molecule has 0 spiro atoms. The van der Waals surface area contributed by atoms with Crippen molar-refractivity contribution in [3.8, 4) is 0 Å². The fourth-order valence-corrected chi connectivity index (χ4v) is 2.65. The zero-order valence-corrected chi connectivity index (χ0v) is 13.9. The third kappa shape index (κ3) is 5.90. The van der Waals surface area contributed by atoms with Gasteiger partial charge in [-0.1, -0.05) is 93.3 Å². The molecule has 2 rings (SSSR count). The molecule has 0 aliphatic carbocycles. The van der Waals surface area contributed by atoms with Crippen molar-refractivity contribution < 1.29 is 9.53 Å². The predicted molar refractivity (Wildman–Crippen MR) is 94.2 cm³/mol. The van der Waals surface area contributed by atoms with Crippen molar-refractivity contribution in [1.82, 2.24) is 0 Å². The van der Waals surface area contributed by atoms with E-state index in [9.17, 15) is 4.79 Å². The molecule has 0 bridgehead atoms. The van der Waals surface area contributed by atoms with E-state index in [1.165, 1.54) is 19.3 Å². The summed E-state index contributed by atoms with van der Waals surface area (Å²) in [5.74, 6) is -0.112. The molecule has 2 nitrogen and oxygen atoms in total. The largest absolute Gasteiger partial charge is 0.453 e. The normalized spacial score (nSPS) is 10.7. The van der Waals surface area contributed by atoms with Crippen LogP contribution in [0.1, 0.15) is 62.7 Å². The molecule has 0 saturated heterocycles. The monoisotopic (exact) mass is 310 g/mol. The van der Waals surface area contributed by atoms with Gasteiger partial charge in [0.1, 0.15) is 0 Å². The molecule has 0 saturated carbocycles. The summed E-state index contributed by atoms with van der Waals surface area (Å²) in [5, 5.41) is 0. The molecule has 0 unspecified atom stereocenters. The van der Waals surface area contributed by atoms with E-state index in [0.29, 0.717) is 6.42 Å². The first-order chi connectivity index (χ1) is 11.3. The second-order valence-electron chi connectivity index (χ2n) is 5.86. The van der Waals surface area contributed by atoms with Crippen LogP contribution in [0, 0.1) is 0 Å². The number of carbonyl (C=O) groups is 1. The first-order valence-electron chi connectivity index (χ1n) is 8.60. The Morgan fingerprint density at radius 1 is 0.826 bits per heavy atom. The highest BCUT2D eigenvalue weighted by atomic mass is 16.5. The number of unbranched alkanes of at least 4 members (excludes halogenated alkanes) is 4. The van der Waals surface area contributed by atoms with Crippen LogP contribution in [0.4, 0.5) is 0 Å². The Hall–Kier alpha value is -2.09. The smallest absolute Gasteiger partial charge is 0.306 e. The van der Waals surface area contributed by atoms with Gasteiger partial charge in [0.2, 0.25) is 0 Å². The van der Waals surface area contributed by atoms with Crippen LogP contribution in [-0.4, -0.2) is 5.97 Å². The molecule has 0 heterocycles. The summed E-state index contributed by atoms with van der Waals surface area (Å²) in [6, 6.07) is 19.9. The van der Waals surface area contributed by atoms with Crippen molar-refractivity contribution in [3.05, 3.63) is 71.8 Å². The molecule has 23 heavy (non-hydrogen) atoms. The van der Waals surface area contributed by atoms with Crippen molar-refractivity contribution in [2.24, 2.45) is 0 Å². The van der Waals surface area contributed by atoms with Gasteiger partial charge < -0.3 is 4.74 Å². The number of ether oxygens (including phenoxy) is 1. The maximum absolute atomic E-state index is 12.2. The number of benzene rings is 2. The molecule has 2 heteroatoms. The lowest BCUT2D eigenvalue weighted by atomic mass is 10.0. The molecule has 2 aromatic rings. The second kappa shape index (κ2) is 9.83. The highest BCUT2D eigenvalue weighted by Crippen LogP contribution is 2.26. The van der Waals surface area contributed by atoms with E-state index >= 15 is 0 Å². The number of carbonyl (C=O) groups excluding carboxylic acids is 1. The van der Waals surface area contributed by atoms with E-state index in [0.717, 1.165) is 24.0 Å². The summed E-state index contributed by atoms with van der Waals surface area (Å²) in [5.41, 5.74) is 2.02. The predicted octanol–water partition coefficient (Wildman–Crippen LogP) is 5.68. The van der Waals surface area contributed by atoms with Gasteiger partial charge in [0, 0.05) is 6.42 Å². The van der Waals surface area contributed by atoms with Gasteiger partial charge in [0.25, 0.3) is 0 Å². The minimum atomic E-state index is -0.319. The Bertz CT molecular complexity index is 523. The third-order valence-corrected chi connectivity index (χ3v) is 3.94. The SMILES string of the molecule is CCCCCCCC(=O)OC(c1ccccc1)c1ccccc1. The fraction of sp³-hybridized carbons (Fsp3) is 0.381. The van der Waals surface area contributed by atoms with Crippen LogP contribution in [0.3, 0.4) is 0 Å². The van der Waals surface area contributed by atoms with E-state index in [2.05, 4.69) is 6.92 Å². The van der Waals surface area contributed by atoms with Crippen LogP contribution in [-0.2, 0) is 9.53 Å². The summed E-state index contributed by atoms with van der Waals surface area (Å²) >= 11 is 0. The Morgan fingerprint density at radius 2 is 1.35 bits per heavy atom. The Morgan fingerprint density at radius 3 is 1.87 bits per heavy atom. The number of hydrogen-bond donors (Lipinski definition) is 0. The van der Waals surface area contributed by atoms with Gasteiger partial charge in [0.15, 0.2) is 6.10 Å². The number of rotatable bonds is 9. The van der Waals surface area contributed by atoms with Crippen LogP contribution in [0.15, 0.2) is 60.7 Å². The topological polar surface area (TPSA) is 26.3 Å². The Labute approximate surface area is 139 Å². The Balaban J connectivity index is 1.97. The van der Waals surface area contributed by atoms with Crippen molar-refractivity contribution in [2.45, 2.75) is 51.6 Å². The second-order valence-corrected chi connectivity index (χ2v) is 5.86. The lowest BCUT2D eigenvalue weighted by Crippen LogP contribution is -2.12. The van der Waals surface area contributed by atoms with Gasteiger partial charge >= 0.3 is 5.97 Å². The van der Waals surface area contributed by atoms with E-state index in [1.54, 1.807) is 0 Å². The van der Waals surface area contributed by atoms with Crippen molar-refractivity contribution in [2.75, 3.05) is 0 Å². The number of esters is 1. The molecule has 0 amide bonds. The van der Waals surface area contributed by atoms with Gasteiger partial charge in [0.05, 0.1) is 0 Å². The average molecular weight is 310 g/mol. The van der Waals surface area contributed by atoms with Crippen LogP contribution in [0.2, 0.25) is 0 Å². The summed E-state index contributed by atoms with van der Waals surface area (Å²) in [7, 11) is 0. The lowest BCUT2D eigenvalue weighted by Gasteiger charge is -2.19. The van der Waals surface area contributed by atoms with Crippen molar-refractivity contribution in [1.29, 1.82) is 0 Å². The van der Waals surface area contributed by atoms with Crippen molar-refractivity contribution >= 4 is 5.97 Å². The standard InChI is InChI=1S/C21H26O2/c1-2-3-4-5-12-17-20(22)23-21(18-13-8-6-9-14-18)19-15-10-7-11-16-19/h6-11,13-16,21H,2-5,12,17H2,1H3. The van der Waals surface area contributed by atoms with Crippen LogP contribution in [0.5, 0.6) is 0 Å². The quantitative estimate of drug-likeness (QED) is 0.440. The maximum Gasteiger partial charge on any atom is 0.306 e. The van der Waals surface area contributed by atoms with E-state index < -0.39 is 0 Å². The summed E-state index contributed by atoms with van der Waals surface area (Å²) < 4.78 is 5.79. The van der Waals surface area contributed by atoms with Crippen LogP contribution < -0.4 is 0 Å². The molecule has 2 aromatic carbocycles. The van der Waals surface area contributed by atoms with Gasteiger partial charge in [-0.3, -0.25) is 4.79 Å². The van der Waals surface area contributed by atoms with Gasteiger partial charge in [-0.2, -0.15) is 0 Å². The number of hydrogen-bond acceptors (Lipinski definition) is 2. The highest BCUT2D eigenvalue weighted by molar-refractivity contribution is 5.70. The molecule has 0 aliphatic heterocycles. The molecule has 122 valence electrons. The molecule has 0 N–H and O–H groups in total. The van der Waals surface area contributed by atoms with Crippen LogP contribution >= 0.6 is 0 Å². The van der Waals surface area contributed by atoms with Gasteiger partial charge in [-0.15, -0.1) is 0 Å². The minimum Gasteiger partial charge on any atom is -0.453 e. The van der Waals surface area contributed by atoms with Crippen LogP contribution in [0.25, 0.3) is 0 Å². The average Bonchev–Trinajstić information content (AvgIpc) is 2.61. The molecule has 0 fully saturated rings. The highest BCUT2D eigenvalue weighted by Gasteiger charge is 2.18. The summed E-state index contributed by atoms with van der Waals surface area (Å²) in [6.07, 6.45) is 5.85. The first kappa shape index (κ1) is 17.3. The van der Waals surface area contributed by atoms with Gasteiger partial charge in [-0.25, -0.2) is 0 Å². The minimum absolute atomic E-state index is 0.112. The molecule has 0 aliphatic rings. The van der Waals surface area contributed by atoms with E-state index in [4.69, 9.17) is 4.74 Å². The van der Waals surface area contributed by atoms with E-state index in [-0.39, 0.29) is 12.1 Å². The molecule has 0 atom stereocenters. The van der Waals surface area contributed by atoms with Gasteiger partial charge in [-0.05, 0) is 17.5 Å². The van der Waals surface area contributed by atoms with E-state index in [1.807, 2.05) is 60.7 Å². The molecule has 0 radical (unpaired) electrons. The molecule has 0 aromatic heterocycles. The fourth-order valence-electron chi connectivity index (χ4n) is 2.65. The molecular formula is C21H26O2. The third-order valence-electron chi connectivity index (χ3n) is 3.94. The first-order valence-corrected chi connectivity index (χ1v) is 8.60. The maximum atomic E-state index is 12.2. The lowest BCUT2D eigenvalue weighted by molar-refractivity contribution is -0.147. The van der Waals surface area contributed by atoms with Crippen molar-refractivity contribution in [3.63, 3.8) is 0 Å². The summed E-state index contributed by atoms with van der Waals surface area (Å²) in [6.45, 7) is 2.19. The summed E-state index contributed by atoms with van der Waals surface area (Å²) in [4.78, 5) is 12.2. The Kier molecular flexibility index (Phi) is 7.38. The zero-order valence-electron chi connectivity index (χ0n) is 13.9.